The molecule has 1 saturated carbocycles. The van der Waals surface area contributed by atoms with E-state index in [0.717, 1.165) is 11.1 Å². The number of hydrogen-bond donors (Lipinski definition) is 0. The van der Waals surface area contributed by atoms with Crippen LogP contribution in [0.25, 0.3) is 11.1 Å². The van der Waals surface area contributed by atoms with Crippen molar-refractivity contribution in [3.63, 3.8) is 0 Å². The van der Waals surface area contributed by atoms with E-state index in [2.05, 4.69) is 12.1 Å². The molecule has 2 aromatic rings. The number of carbonyl (C=O) groups is 1. The van der Waals surface area contributed by atoms with Crippen LogP contribution in [-0.2, 0) is 0 Å². The van der Waals surface area contributed by atoms with E-state index in [1.807, 2.05) is 42.5 Å². The smallest absolute Gasteiger partial charge is 0.219 e. The van der Waals surface area contributed by atoms with Crippen LogP contribution in [0.2, 0.25) is 0 Å². The van der Waals surface area contributed by atoms with Gasteiger partial charge in [-0.1, -0.05) is 73.5 Å². The topological polar surface area (TPSA) is 17.1 Å². The predicted octanol–water partition coefficient (Wildman–Crippen LogP) is 5.56. The highest BCUT2D eigenvalue weighted by Crippen LogP contribution is 2.31. The first-order valence-electron chi connectivity index (χ1n) is 7.69. The van der Waals surface area contributed by atoms with Crippen LogP contribution in [0.1, 0.15) is 42.5 Å². The summed E-state index contributed by atoms with van der Waals surface area (Å²) in [7, 11) is 0. The number of hydrogen-bond acceptors (Lipinski definition) is 2. The molecule has 0 spiro atoms. The van der Waals surface area contributed by atoms with E-state index < -0.39 is 0 Å². The van der Waals surface area contributed by atoms with Crippen molar-refractivity contribution in [2.45, 2.75) is 37.4 Å². The Labute approximate surface area is 130 Å². The summed E-state index contributed by atoms with van der Waals surface area (Å²) in [6.45, 7) is 0. The fourth-order valence-corrected chi connectivity index (χ4v) is 3.98. The monoisotopic (exact) mass is 296 g/mol. The molecule has 0 radical (unpaired) electrons. The SMILES string of the molecule is O=C(SC1CCCCC1)c1ccc(-c2ccccc2)cc1. The van der Waals surface area contributed by atoms with Crippen molar-refractivity contribution in [1.82, 2.24) is 0 Å². The zero-order valence-corrected chi connectivity index (χ0v) is 12.9. The lowest BCUT2D eigenvalue weighted by molar-refractivity contribution is 0.108. The second-order valence-electron chi connectivity index (χ2n) is 5.61. The molecule has 0 bridgehead atoms. The highest BCUT2D eigenvalue weighted by atomic mass is 32.2. The molecule has 2 aromatic carbocycles. The molecule has 108 valence electrons. The average molecular weight is 296 g/mol. The molecular weight excluding hydrogens is 276 g/mol. The van der Waals surface area contributed by atoms with E-state index in [0.29, 0.717) is 5.25 Å². The predicted molar refractivity (Wildman–Crippen MR) is 90.7 cm³/mol. The standard InChI is InChI=1S/C19H20OS/c20-19(21-18-9-5-2-6-10-18)17-13-11-16(12-14-17)15-7-3-1-4-8-15/h1,3-4,7-8,11-14,18H,2,5-6,9-10H2. The molecule has 1 aliphatic carbocycles. The summed E-state index contributed by atoms with van der Waals surface area (Å²) in [4.78, 5) is 12.3. The van der Waals surface area contributed by atoms with Gasteiger partial charge in [-0.3, -0.25) is 4.79 Å². The second-order valence-corrected chi connectivity index (χ2v) is 6.88. The van der Waals surface area contributed by atoms with Crippen molar-refractivity contribution in [3.8, 4) is 11.1 Å². The number of thioether (sulfide) groups is 1. The number of rotatable bonds is 3. The summed E-state index contributed by atoms with van der Waals surface area (Å²) in [6.07, 6.45) is 6.27. The molecule has 0 heterocycles. The maximum absolute atomic E-state index is 12.3. The molecule has 1 nitrogen and oxygen atoms in total. The lowest BCUT2D eigenvalue weighted by Crippen LogP contribution is -2.11. The van der Waals surface area contributed by atoms with Gasteiger partial charge in [0.1, 0.15) is 0 Å². The zero-order chi connectivity index (χ0) is 14.5. The van der Waals surface area contributed by atoms with Gasteiger partial charge in [0.2, 0.25) is 5.12 Å². The first-order chi connectivity index (χ1) is 10.3. The summed E-state index contributed by atoms with van der Waals surface area (Å²) in [5.74, 6) is 0. The second kappa shape index (κ2) is 6.95. The zero-order valence-electron chi connectivity index (χ0n) is 12.1. The van der Waals surface area contributed by atoms with Crippen molar-refractivity contribution < 1.29 is 4.79 Å². The van der Waals surface area contributed by atoms with Gasteiger partial charge in [0, 0.05) is 10.8 Å². The molecule has 0 aliphatic heterocycles. The molecular formula is C19H20OS. The largest absolute Gasteiger partial charge is 0.282 e. The molecule has 21 heavy (non-hydrogen) atoms. The van der Waals surface area contributed by atoms with Crippen LogP contribution in [0.4, 0.5) is 0 Å². The highest BCUT2D eigenvalue weighted by molar-refractivity contribution is 8.14. The lowest BCUT2D eigenvalue weighted by Gasteiger charge is -2.19. The van der Waals surface area contributed by atoms with E-state index in [4.69, 9.17) is 0 Å². The molecule has 0 saturated heterocycles. The van der Waals surface area contributed by atoms with Gasteiger partial charge in [-0.05, 0) is 36.1 Å². The van der Waals surface area contributed by atoms with Crippen LogP contribution in [0.5, 0.6) is 0 Å². The van der Waals surface area contributed by atoms with Crippen molar-refractivity contribution in [1.29, 1.82) is 0 Å². The molecule has 0 amide bonds. The van der Waals surface area contributed by atoms with Crippen LogP contribution in [0, 0.1) is 0 Å². The van der Waals surface area contributed by atoms with Gasteiger partial charge in [-0.15, -0.1) is 0 Å². The molecule has 3 rings (SSSR count). The van der Waals surface area contributed by atoms with Crippen molar-refractivity contribution in [2.75, 3.05) is 0 Å². The average Bonchev–Trinajstić information content (AvgIpc) is 2.57. The fraction of sp³-hybridized carbons (Fsp3) is 0.316. The Hall–Kier alpha value is -1.54. The molecule has 0 aromatic heterocycles. The number of benzene rings is 2. The van der Waals surface area contributed by atoms with Crippen LogP contribution >= 0.6 is 11.8 Å². The van der Waals surface area contributed by atoms with Gasteiger partial charge in [-0.25, -0.2) is 0 Å². The highest BCUT2D eigenvalue weighted by Gasteiger charge is 2.18. The molecule has 2 heteroatoms. The van der Waals surface area contributed by atoms with E-state index in [1.54, 1.807) is 0 Å². The Balaban J connectivity index is 1.67. The Morgan fingerprint density at radius 2 is 1.43 bits per heavy atom. The summed E-state index contributed by atoms with van der Waals surface area (Å²) in [5.41, 5.74) is 3.18. The first-order valence-corrected chi connectivity index (χ1v) is 8.57. The molecule has 0 unspecified atom stereocenters. The normalized spacial score (nSPS) is 15.8. The van der Waals surface area contributed by atoms with E-state index in [1.165, 1.54) is 49.4 Å². The quantitative estimate of drug-likeness (QED) is 0.737. The molecule has 1 aliphatic rings. The summed E-state index contributed by atoms with van der Waals surface area (Å²) < 4.78 is 0. The molecule has 1 fully saturated rings. The van der Waals surface area contributed by atoms with Gasteiger partial charge in [-0.2, -0.15) is 0 Å². The van der Waals surface area contributed by atoms with Gasteiger partial charge < -0.3 is 0 Å². The van der Waals surface area contributed by atoms with Crippen LogP contribution in [0.15, 0.2) is 54.6 Å². The Morgan fingerprint density at radius 1 is 0.810 bits per heavy atom. The van der Waals surface area contributed by atoms with E-state index >= 15 is 0 Å². The third-order valence-corrected chi connectivity index (χ3v) is 5.31. The minimum atomic E-state index is 0.224. The minimum Gasteiger partial charge on any atom is -0.282 e. The van der Waals surface area contributed by atoms with Gasteiger partial charge in [0.25, 0.3) is 0 Å². The van der Waals surface area contributed by atoms with Gasteiger partial charge >= 0.3 is 0 Å². The van der Waals surface area contributed by atoms with Crippen LogP contribution in [0.3, 0.4) is 0 Å². The Morgan fingerprint density at radius 3 is 2.10 bits per heavy atom. The van der Waals surface area contributed by atoms with Gasteiger partial charge in [0.15, 0.2) is 0 Å². The maximum atomic E-state index is 12.3. The summed E-state index contributed by atoms with van der Waals surface area (Å²) in [6, 6.07) is 18.3. The third-order valence-electron chi connectivity index (χ3n) is 4.05. The van der Waals surface area contributed by atoms with E-state index in [-0.39, 0.29) is 5.12 Å². The van der Waals surface area contributed by atoms with Crippen LogP contribution in [-0.4, -0.2) is 10.4 Å². The Kier molecular flexibility index (Phi) is 4.76. The van der Waals surface area contributed by atoms with Crippen molar-refractivity contribution >= 4 is 16.9 Å². The van der Waals surface area contributed by atoms with Crippen molar-refractivity contribution in [3.05, 3.63) is 60.2 Å². The third kappa shape index (κ3) is 3.76. The number of carbonyl (C=O) groups excluding carboxylic acids is 1. The maximum Gasteiger partial charge on any atom is 0.219 e. The summed E-state index contributed by atoms with van der Waals surface area (Å²) in [5, 5.41) is 0.751. The minimum absolute atomic E-state index is 0.224. The van der Waals surface area contributed by atoms with E-state index in [9.17, 15) is 4.79 Å². The van der Waals surface area contributed by atoms with Crippen molar-refractivity contribution in [2.24, 2.45) is 0 Å². The lowest BCUT2D eigenvalue weighted by atomic mass is 10.0. The van der Waals surface area contributed by atoms with Crippen LogP contribution < -0.4 is 0 Å². The molecule has 0 N–H and O–H groups in total. The summed E-state index contributed by atoms with van der Waals surface area (Å²) >= 11 is 1.54. The first kappa shape index (κ1) is 14.4. The van der Waals surface area contributed by atoms with Gasteiger partial charge in [0.05, 0.1) is 0 Å². The Bertz CT molecular complexity index is 583. The fourth-order valence-electron chi connectivity index (χ4n) is 2.83. The molecule has 0 atom stereocenters.